The Morgan fingerprint density at radius 1 is 1.50 bits per heavy atom. The largest absolute Gasteiger partial charge is 0.333 e. The molecule has 64 valence electrons. The first-order valence-corrected chi connectivity index (χ1v) is 3.88. The molecule has 0 bridgehead atoms. The Morgan fingerprint density at radius 2 is 2.25 bits per heavy atom. The van der Waals surface area contributed by atoms with Crippen LogP contribution in [0.15, 0.2) is 30.4 Å². The lowest BCUT2D eigenvalue weighted by Crippen LogP contribution is -2.15. The molecule has 0 N–H and O–H groups in total. The Bertz CT molecular complexity index is 266. The van der Waals surface area contributed by atoms with Gasteiger partial charge in [0.25, 0.3) is 0 Å². The summed E-state index contributed by atoms with van der Waals surface area (Å²) in [7, 11) is 1.97. The molecule has 0 aromatic carbocycles. The molecule has 0 unspecified atom stereocenters. The molecule has 1 rings (SSSR count). The maximum absolute atomic E-state index is 4.17. The van der Waals surface area contributed by atoms with Crippen LogP contribution in [0.25, 0.3) is 0 Å². The van der Waals surface area contributed by atoms with Crippen LogP contribution in [0.4, 0.5) is 5.82 Å². The quantitative estimate of drug-likeness (QED) is 0.666. The smallest absolute Gasteiger partial charge is 0.150 e. The molecule has 1 aromatic heterocycles. The highest BCUT2D eigenvalue weighted by molar-refractivity contribution is 5.41. The third kappa shape index (κ3) is 1.81. The Morgan fingerprint density at radius 3 is 2.75 bits per heavy atom. The van der Waals surface area contributed by atoms with Gasteiger partial charge in [-0.2, -0.15) is 0 Å². The zero-order valence-electron chi connectivity index (χ0n) is 7.65. The molecule has 0 aliphatic heterocycles. The maximum atomic E-state index is 4.17. The van der Waals surface area contributed by atoms with E-state index in [-0.39, 0.29) is 0 Å². The number of allylic oxidation sites excluding steroid dienone is 2. The Balaban J connectivity index is 2.86. The summed E-state index contributed by atoms with van der Waals surface area (Å²) in [4.78, 5) is 10.2. The van der Waals surface area contributed by atoms with Crippen LogP contribution >= 0.6 is 0 Å². The molecule has 0 aliphatic carbocycles. The summed E-state index contributed by atoms with van der Waals surface area (Å²) in [5, 5.41) is 0. The van der Waals surface area contributed by atoms with E-state index in [9.17, 15) is 0 Å². The number of nitrogens with zero attached hydrogens (tertiary/aromatic N) is 3. The number of aromatic nitrogens is 2. The molecule has 0 amide bonds. The van der Waals surface area contributed by atoms with E-state index < -0.39 is 0 Å². The second-order valence-corrected chi connectivity index (χ2v) is 2.55. The Labute approximate surface area is 72.8 Å². The summed E-state index contributed by atoms with van der Waals surface area (Å²) < 4.78 is 0. The Kier molecular flexibility index (Phi) is 2.80. The molecular formula is C9H13N3. The van der Waals surface area contributed by atoms with E-state index in [0.717, 1.165) is 11.5 Å². The molecular weight excluding hydrogens is 150 g/mol. The van der Waals surface area contributed by atoms with Gasteiger partial charge in [0.2, 0.25) is 0 Å². The molecule has 3 nitrogen and oxygen atoms in total. The van der Waals surface area contributed by atoms with E-state index in [1.165, 1.54) is 0 Å². The third-order valence-corrected chi connectivity index (χ3v) is 1.84. The molecule has 1 heterocycles. The van der Waals surface area contributed by atoms with Gasteiger partial charge in [-0.05, 0) is 13.8 Å². The summed E-state index contributed by atoms with van der Waals surface area (Å²) in [6.45, 7) is 4.04. The molecule has 0 spiro atoms. The van der Waals surface area contributed by atoms with Gasteiger partial charge in [0.05, 0.1) is 6.20 Å². The monoisotopic (exact) mass is 163 g/mol. The molecule has 0 atom stereocenters. The molecule has 0 saturated heterocycles. The summed E-state index contributed by atoms with van der Waals surface area (Å²) >= 11 is 0. The van der Waals surface area contributed by atoms with Gasteiger partial charge in [-0.15, -0.1) is 0 Å². The lowest BCUT2D eigenvalue weighted by Gasteiger charge is -2.17. The molecule has 12 heavy (non-hydrogen) atoms. The minimum absolute atomic E-state index is 0.869. The zero-order valence-corrected chi connectivity index (χ0v) is 7.65. The van der Waals surface area contributed by atoms with Crippen molar-refractivity contribution in [2.24, 2.45) is 0 Å². The highest BCUT2D eigenvalue weighted by Gasteiger charge is 2.01. The van der Waals surface area contributed by atoms with Crippen LogP contribution in [-0.2, 0) is 0 Å². The van der Waals surface area contributed by atoms with Crippen molar-refractivity contribution in [3.8, 4) is 0 Å². The van der Waals surface area contributed by atoms with Crippen LogP contribution in [0.5, 0.6) is 0 Å². The van der Waals surface area contributed by atoms with Crippen LogP contribution < -0.4 is 4.90 Å². The number of hydrogen-bond donors (Lipinski definition) is 0. The molecule has 0 aliphatic rings. The van der Waals surface area contributed by atoms with Crippen molar-refractivity contribution in [1.29, 1.82) is 0 Å². The minimum Gasteiger partial charge on any atom is -0.333 e. The SMILES string of the molecule is C/C=C(/C)N(C)c1cnccn1. The van der Waals surface area contributed by atoms with E-state index in [0.29, 0.717) is 0 Å². The first kappa shape index (κ1) is 8.71. The third-order valence-electron chi connectivity index (χ3n) is 1.84. The van der Waals surface area contributed by atoms with Crippen molar-refractivity contribution >= 4 is 5.82 Å². The topological polar surface area (TPSA) is 29.0 Å². The predicted molar refractivity (Wildman–Crippen MR) is 49.9 cm³/mol. The molecule has 0 fully saturated rings. The van der Waals surface area contributed by atoms with Crippen LogP contribution in [0.3, 0.4) is 0 Å². The van der Waals surface area contributed by atoms with E-state index in [4.69, 9.17) is 0 Å². The Hall–Kier alpha value is -1.38. The molecule has 0 saturated carbocycles. The average Bonchev–Trinajstić information content (AvgIpc) is 2.17. The van der Waals surface area contributed by atoms with E-state index in [2.05, 4.69) is 9.97 Å². The molecule has 1 aromatic rings. The fourth-order valence-electron chi connectivity index (χ4n) is 0.839. The summed E-state index contributed by atoms with van der Waals surface area (Å²) in [6.07, 6.45) is 7.14. The first-order valence-electron chi connectivity index (χ1n) is 3.88. The lowest BCUT2D eigenvalue weighted by molar-refractivity contribution is 1.02. The van der Waals surface area contributed by atoms with Crippen LogP contribution in [0, 0.1) is 0 Å². The summed E-state index contributed by atoms with van der Waals surface area (Å²) in [5.74, 6) is 0.869. The van der Waals surface area contributed by atoms with Crippen molar-refractivity contribution < 1.29 is 0 Å². The van der Waals surface area contributed by atoms with Crippen LogP contribution in [0.1, 0.15) is 13.8 Å². The van der Waals surface area contributed by atoms with Gasteiger partial charge in [-0.25, -0.2) is 4.98 Å². The van der Waals surface area contributed by atoms with Crippen LogP contribution in [-0.4, -0.2) is 17.0 Å². The fourth-order valence-corrected chi connectivity index (χ4v) is 0.839. The first-order chi connectivity index (χ1) is 5.75. The normalized spacial score (nSPS) is 11.4. The summed E-state index contributed by atoms with van der Waals surface area (Å²) in [6, 6.07) is 0. The van der Waals surface area contributed by atoms with Gasteiger partial charge in [0.15, 0.2) is 5.82 Å². The van der Waals surface area contributed by atoms with Crippen molar-refractivity contribution in [1.82, 2.24) is 9.97 Å². The minimum atomic E-state index is 0.869. The van der Waals surface area contributed by atoms with Gasteiger partial charge in [0, 0.05) is 25.1 Å². The second kappa shape index (κ2) is 3.85. The van der Waals surface area contributed by atoms with Gasteiger partial charge in [-0.3, -0.25) is 4.98 Å². The molecule has 3 heteroatoms. The standard InChI is InChI=1S/C9H13N3/c1-4-8(2)12(3)9-7-10-5-6-11-9/h4-7H,1-3H3/b8-4-. The van der Waals surface area contributed by atoms with E-state index in [1.807, 2.05) is 31.9 Å². The van der Waals surface area contributed by atoms with Crippen LogP contribution in [0.2, 0.25) is 0 Å². The number of anilines is 1. The lowest BCUT2D eigenvalue weighted by atomic mass is 10.4. The van der Waals surface area contributed by atoms with E-state index in [1.54, 1.807) is 18.6 Å². The number of hydrogen-bond acceptors (Lipinski definition) is 3. The fraction of sp³-hybridized carbons (Fsp3) is 0.333. The zero-order chi connectivity index (χ0) is 8.97. The highest BCUT2D eigenvalue weighted by atomic mass is 15.2. The van der Waals surface area contributed by atoms with Gasteiger partial charge >= 0.3 is 0 Å². The predicted octanol–water partition coefficient (Wildman–Crippen LogP) is 1.84. The van der Waals surface area contributed by atoms with Gasteiger partial charge in [0.1, 0.15) is 0 Å². The van der Waals surface area contributed by atoms with Crippen molar-refractivity contribution in [3.05, 3.63) is 30.4 Å². The highest BCUT2D eigenvalue weighted by Crippen LogP contribution is 2.10. The second-order valence-electron chi connectivity index (χ2n) is 2.55. The van der Waals surface area contributed by atoms with Gasteiger partial charge in [-0.1, -0.05) is 6.08 Å². The maximum Gasteiger partial charge on any atom is 0.150 e. The molecule has 0 radical (unpaired) electrons. The number of rotatable bonds is 2. The average molecular weight is 163 g/mol. The van der Waals surface area contributed by atoms with E-state index >= 15 is 0 Å². The van der Waals surface area contributed by atoms with Crippen molar-refractivity contribution in [3.63, 3.8) is 0 Å². The van der Waals surface area contributed by atoms with Gasteiger partial charge < -0.3 is 4.90 Å². The summed E-state index contributed by atoms with van der Waals surface area (Å²) in [5.41, 5.74) is 1.16. The van der Waals surface area contributed by atoms with Crippen molar-refractivity contribution in [2.45, 2.75) is 13.8 Å². The van der Waals surface area contributed by atoms with Crippen molar-refractivity contribution in [2.75, 3.05) is 11.9 Å².